The van der Waals surface area contributed by atoms with Crippen LogP contribution in [-0.2, 0) is 18.3 Å². The molecule has 1 aromatic carbocycles. The lowest BCUT2D eigenvalue weighted by Gasteiger charge is -2.10. The summed E-state index contributed by atoms with van der Waals surface area (Å²) >= 11 is 1.33. The van der Waals surface area contributed by atoms with E-state index >= 15 is 0 Å². The van der Waals surface area contributed by atoms with Crippen LogP contribution in [-0.4, -0.2) is 47.2 Å². The first-order chi connectivity index (χ1) is 13.6. The Hall–Kier alpha value is -2.94. The zero-order valence-corrected chi connectivity index (χ0v) is 16.8. The summed E-state index contributed by atoms with van der Waals surface area (Å²) in [6.45, 7) is 0.533. The maximum Gasteiger partial charge on any atom is 0.230 e. The average molecular weight is 402 g/mol. The molecule has 9 heteroatoms. The SMILES string of the molecule is COc1ccc(CCNC(=O)CSc2nnc(-c3ccco3)n2C)cc1OC. The number of carbonyl (C=O) groups excluding carboxylic acids is 1. The summed E-state index contributed by atoms with van der Waals surface area (Å²) in [4.78, 5) is 12.1. The van der Waals surface area contributed by atoms with Gasteiger partial charge in [-0.15, -0.1) is 10.2 Å². The zero-order valence-electron chi connectivity index (χ0n) is 16.0. The summed E-state index contributed by atoms with van der Waals surface area (Å²) in [5.41, 5.74) is 1.06. The number of thioether (sulfide) groups is 1. The smallest absolute Gasteiger partial charge is 0.230 e. The van der Waals surface area contributed by atoms with Gasteiger partial charge in [0.15, 0.2) is 28.2 Å². The standard InChI is InChI=1S/C19H22N4O4S/c1-23-18(15-5-4-10-27-15)21-22-19(23)28-12-17(24)20-9-8-13-6-7-14(25-2)16(11-13)26-3/h4-7,10-11H,8-9,12H2,1-3H3,(H,20,24). The van der Waals surface area contributed by atoms with Crippen molar-refractivity contribution in [3.05, 3.63) is 42.2 Å². The van der Waals surface area contributed by atoms with Crippen molar-refractivity contribution in [1.29, 1.82) is 0 Å². The average Bonchev–Trinajstić information content (AvgIpc) is 3.36. The van der Waals surface area contributed by atoms with E-state index in [2.05, 4.69) is 15.5 Å². The van der Waals surface area contributed by atoms with Crippen molar-refractivity contribution >= 4 is 17.7 Å². The summed E-state index contributed by atoms with van der Waals surface area (Å²) < 4.78 is 17.7. The topological polar surface area (TPSA) is 91.4 Å². The highest BCUT2D eigenvalue weighted by Gasteiger charge is 2.14. The number of hydrogen-bond donors (Lipinski definition) is 1. The molecule has 148 valence electrons. The lowest BCUT2D eigenvalue weighted by molar-refractivity contribution is -0.118. The van der Waals surface area contributed by atoms with E-state index in [1.165, 1.54) is 11.8 Å². The monoisotopic (exact) mass is 402 g/mol. The predicted molar refractivity (Wildman–Crippen MR) is 106 cm³/mol. The summed E-state index contributed by atoms with van der Waals surface area (Å²) in [5.74, 6) is 2.83. The highest BCUT2D eigenvalue weighted by molar-refractivity contribution is 7.99. The molecule has 0 aliphatic carbocycles. The molecule has 0 saturated carbocycles. The molecule has 3 aromatic rings. The van der Waals surface area contributed by atoms with E-state index in [-0.39, 0.29) is 11.7 Å². The summed E-state index contributed by atoms with van der Waals surface area (Å²) in [6, 6.07) is 9.34. The lowest BCUT2D eigenvalue weighted by Crippen LogP contribution is -2.27. The largest absolute Gasteiger partial charge is 0.493 e. The van der Waals surface area contributed by atoms with Crippen molar-refractivity contribution in [2.45, 2.75) is 11.6 Å². The number of amides is 1. The van der Waals surface area contributed by atoms with Gasteiger partial charge in [-0.05, 0) is 36.2 Å². The highest BCUT2D eigenvalue weighted by Crippen LogP contribution is 2.27. The third-order valence-electron chi connectivity index (χ3n) is 4.09. The van der Waals surface area contributed by atoms with E-state index in [1.807, 2.05) is 31.3 Å². The van der Waals surface area contributed by atoms with Gasteiger partial charge in [0.05, 0.1) is 26.2 Å². The number of hydrogen-bond acceptors (Lipinski definition) is 7. The van der Waals surface area contributed by atoms with E-state index in [1.54, 1.807) is 31.1 Å². The van der Waals surface area contributed by atoms with E-state index < -0.39 is 0 Å². The van der Waals surface area contributed by atoms with Crippen molar-refractivity contribution in [2.75, 3.05) is 26.5 Å². The summed E-state index contributed by atoms with van der Waals surface area (Å²) in [6.07, 6.45) is 2.28. The molecule has 0 unspecified atom stereocenters. The van der Waals surface area contributed by atoms with Gasteiger partial charge in [-0.2, -0.15) is 0 Å². The number of aromatic nitrogens is 3. The van der Waals surface area contributed by atoms with Crippen LogP contribution in [0.25, 0.3) is 11.6 Å². The molecule has 3 rings (SSSR count). The zero-order chi connectivity index (χ0) is 19.9. The minimum atomic E-state index is -0.0620. The third kappa shape index (κ3) is 4.66. The van der Waals surface area contributed by atoms with Crippen LogP contribution in [0.15, 0.2) is 46.2 Å². The van der Waals surface area contributed by atoms with Crippen molar-refractivity contribution in [1.82, 2.24) is 20.1 Å². The molecule has 2 aromatic heterocycles. The molecule has 0 fully saturated rings. The Morgan fingerprint density at radius 2 is 2.04 bits per heavy atom. The number of carbonyl (C=O) groups is 1. The lowest BCUT2D eigenvalue weighted by atomic mass is 10.1. The Morgan fingerprint density at radius 3 is 2.75 bits per heavy atom. The second-order valence-corrected chi connectivity index (χ2v) is 6.86. The molecule has 0 aliphatic rings. The molecular weight excluding hydrogens is 380 g/mol. The number of nitrogens with one attached hydrogen (secondary N) is 1. The molecule has 28 heavy (non-hydrogen) atoms. The number of nitrogens with zero attached hydrogens (tertiary/aromatic N) is 3. The Kier molecular flexibility index (Phi) is 6.59. The van der Waals surface area contributed by atoms with Gasteiger partial charge >= 0.3 is 0 Å². The van der Waals surface area contributed by atoms with Crippen molar-refractivity contribution in [3.63, 3.8) is 0 Å². The number of benzene rings is 1. The number of rotatable bonds is 9. The van der Waals surface area contributed by atoms with Gasteiger partial charge in [-0.25, -0.2) is 0 Å². The molecule has 1 N–H and O–H groups in total. The van der Waals surface area contributed by atoms with E-state index in [0.29, 0.717) is 41.2 Å². The van der Waals surface area contributed by atoms with Crippen LogP contribution in [0.4, 0.5) is 0 Å². The van der Waals surface area contributed by atoms with Gasteiger partial charge in [0.2, 0.25) is 5.91 Å². The van der Waals surface area contributed by atoms with Crippen molar-refractivity contribution < 1.29 is 18.7 Å². The van der Waals surface area contributed by atoms with Crippen LogP contribution in [0.5, 0.6) is 11.5 Å². The van der Waals surface area contributed by atoms with Gasteiger partial charge in [-0.3, -0.25) is 4.79 Å². The van der Waals surface area contributed by atoms with Crippen LogP contribution in [0.2, 0.25) is 0 Å². The Morgan fingerprint density at radius 1 is 1.21 bits per heavy atom. The number of ether oxygens (including phenoxy) is 2. The fourth-order valence-corrected chi connectivity index (χ4v) is 3.37. The third-order valence-corrected chi connectivity index (χ3v) is 5.11. The molecule has 0 bridgehead atoms. The maximum atomic E-state index is 12.1. The van der Waals surface area contributed by atoms with Crippen LogP contribution >= 0.6 is 11.8 Å². The van der Waals surface area contributed by atoms with E-state index in [4.69, 9.17) is 13.9 Å². The van der Waals surface area contributed by atoms with Gasteiger partial charge in [0.25, 0.3) is 0 Å². The fourth-order valence-electron chi connectivity index (χ4n) is 2.62. The molecule has 1 amide bonds. The Labute approximate surface area is 167 Å². The number of furan rings is 1. The van der Waals surface area contributed by atoms with Crippen LogP contribution < -0.4 is 14.8 Å². The second-order valence-electron chi connectivity index (χ2n) is 5.92. The van der Waals surface area contributed by atoms with Crippen LogP contribution in [0.3, 0.4) is 0 Å². The molecule has 2 heterocycles. The molecule has 0 radical (unpaired) electrons. The van der Waals surface area contributed by atoms with Crippen molar-refractivity contribution in [3.8, 4) is 23.1 Å². The van der Waals surface area contributed by atoms with Gasteiger partial charge in [0, 0.05) is 13.6 Å². The summed E-state index contributed by atoms with van der Waals surface area (Å²) in [5, 5.41) is 11.8. The molecule has 0 atom stereocenters. The first-order valence-electron chi connectivity index (χ1n) is 8.66. The predicted octanol–water partition coefficient (Wildman–Crippen LogP) is 2.54. The second kappa shape index (κ2) is 9.32. The maximum absolute atomic E-state index is 12.1. The van der Waals surface area contributed by atoms with E-state index in [0.717, 1.165) is 5.56 Å². The van der Waals surface area contributed by atoms with Gasteiger partial charge < -0.3 is 23.8 Å². The van der Waals surface area contributed by atoms with E-state index in [9.17, 15) is 4.79 Å². The highest BCUT2D eigenvalue weighted by atomic mass is 32.2. The molecular formula is C19H22N4O4S. The summed E-state index contributed by atoms with van der Waals surface area (Å²) in [7, 11) is 5.05. The Balaban J connectivity index is 1.47. The van der Waals surface area contributed by atoms with Gasteiger partial charge in [-0.1, -0.05) is 17.8 Å². The molecule has 0 aliphatic heterocycles. The Bertz CT molecular complexity index is 924. The molecule has 8 nitrogen and oxygen atoms in total. The minimum Gasteiger partial charge on any atom is -0.493 e. The van der Waals surface area contributed by atoms with Crippen LogP contribution in [0.1, 0.15) is 5.56 Å². The van der Waals surface area contributed by atoms with Crippen molar-refractivity contribution in [2.24, 2.45) is 7.05 Å². The molecule has 0 spiro atoms. The first kappa shape index (κ1) is 19.8. The van der Waals surface area contributed by atoms with Crippen LogP contribution in [0, 0.1) is 0 Å². The number of methoxy groups -OCH3 is 2. The van der Waals surface area contributed by atoms with Gasteiger partial charge in [0.1, 0.15) is 0 Å². The normalized spacial score (nSPS) is 10.7. The first-order valence-corrected chi connectivity index (χ1v) is 9.64. The minimum absolute atomic E-state index is 0.0620. The molecule has 0 saturated heterocycles. The fraction of sp³-hybridized carbons (Fsp3) is 0.316. The quantitative estimate of drug-likeness (QED) is 0.550.